The van der Waals surface area contributed by atoms with Crippen LogP contribution < -0.4 is 5.43 Å². The van der Waals surface area contributed by atoms with Gasteiger partial charge in [0.25, 0.3) is 0 Å². The molecule has 2 amide bonds. The Bertz CT molecular complexity index is 469. The van der Waals surface area contributed by atoms with Gasteiger partial charge in [0.2, 0.25) is 11.8 Å². The van der Waals surface area contributed by atoms with Crippen molar-refractivity contribution >= 4 is 24.1 Å². The summed E-state index contributed by atoms with van der Waals surface area (Å²) in [6.07, 6.45) is 6.93. The van der Waals surface area contributed by atoms with Crippen LogP contribution in [0.3, 0.4) is 0 Å². The molecule has 2 rings (SSSR count). The van der Waals surface area contributed by atoms with E-state index in [1.54, 1.807) is 0 Å². The summed E-state index contributed by atoms with van der Waals surface area (Å²) in [4.78, 5) is 46.4. The summed E-state index contributed by atoms with van der Waals surface area (Å²) < 4.78 is 0. The SMILES string of the molecule is O=C[C@H](CC(=O)O)N(NC(=O)C1CC1)C(=O)CCC1CCCC1. The molecule has 0 unspecified atom stereocenters. The maximum Gasteiger partial charge on any atom is 0.305 e. The highest BCUT2D eigenvalue weighted by Crippen LogP contribution is 2.30. The lowest BCUT2D eigenvalue weighted by molar-refractivity contribution is -0.150. The Morgan fingerprint density at radius 1 is 1.17 bits per heavy atom. The molecule has 2 aliphatic rings. The number of hydrazine groups is 1. The predicted octanol–water partition coefficient (Wildman–Crippen LogP) is 1.27. The number of amides is 2. The molecule has 0 aromatic carbocycles. The van der Waals surface area contributed by atoms with E-state index in [0.29, 0.717) is 18.6 Å². The third-order valence-corrected chi connectivity index (χ3v) is 4.56. The van der Waals surface area contributed by atoms with Crippen LogP contribution in [-0.2, 0) is 19.2 Å². The van der Waals surface area contributed by atoms with E-state index in [-0.39, 0.29) is 24.2 Å². The van der Waals surface area contributed by atoms with Crippen LogP contribution in [0.5, 0.6) is 0 Å². The number of carboxylic acids is 1. The smallest absolute Gasteiger partial charge is 0.305 e. The average molecular weight is 324 g/mol. The summed E-state index contributed by atoms with van der Waals surface area (Å²) in [5, 5.41) is 9.84. The van der Waals surface area contributed by atoms with E-state index in [9.17, 15) is 19.2 Å². The number of hydrogen-bond donors (Lipinski definition) is 2. The van der Waals surface area contributed by atoms with Gasteiger partial charge in [-0.3, -0.25) is 19.8 Å². The van der Waals surface area contributed by atoms with Gasteiger partial charge in [0.1, 0.15) is 12.3 Å². The van der Waals surface area contributed by atoms with E-state index in [1.807, 2.05) is 0 Å². The van der Waals surface area contributed by atoms with Gasteiger partial charge in [-0.15, -0.1) is 0 Å². The minimum Gasteiger partial charge on any atom is -0.481 e. The van der Waals surface area contributed by atoms with Gasteiger partial charge in [-0.25, -0.2) is 5.01 Å². The second-order valence-corrected chi connectivity index (χ2v) is 6.50. The molecule has 2 fully saturated rings. The van der Waals surface area contributed by atoms with Crippen molar-refractivity contribution in [2.75, 3.05) is 0 Å². The van der Waals surface area contributed by atoms with Crippen LogP contribution >= 0.6 is 0 Å². The Morgan fingerprint density at radius 3 is 2.35 bits per heavy atom. The Labute approximate surface area is 135 Å². The molecule has 0 aromatic heterocycles. The standard InChI is InChI=1S/C16H24N2O5/c19-10-13(9-15(21)22)18(17-16(23)12-6-7-12)14(20)8-5-11-3-1-2-4-11/h10-13H,1-9H2,(H,17,23)(H,21,22)/t13-/m0/s1. The second-order valence-electron chi connectivity index (χ2n) is 6.50. The van der Waals surface area contributed by atoms with Crippen molar-refractivity contribution in [2.45, 2.75) is 63.8 Å². The number of hydrogen-bond acceptors (Lipinski definition) is 4. The molecule has 2 aliphatic carbocycles. The third-order valence-electron chi connectivity index (χ3n) is 4.56. The number of aliphatic carboxylic acids is 1. The average Bonchev–Trinajstić information content (AvgIpc) is 3.24. The Hall–Kier alpha value is -1.92. The zero-order valence-corrected chi connectivity index (χ0v) is 13.2. The predicted molar refractivity (Wildman–Crippen MR) is 81.0 cm³/mol. The van der Waals surface area contributed by atoms with Crippen LogP contribution in [-0.4, -0.2) is 40.2 Å². The zero-order valence-electron chi connectivity index (χ0n) is 13.2. The zero-order chi connectivity index (χ0) is 16.8. The van der Waals surface area contributed by atoms with Crippen LogP contribution in [0.15, 0.2) is 0 Å². The molecule has 0 spiro atoms. The monoisotopic (exact) mass is 324 g/mol. The number of aldehydes is 1. The van der Waals surface area contributed by atoms with Crippen molar-refractivity contribution in [1.82, 2.24) is 10.4 Å². The number of carbonyl (C=O) groups is 4. The highest BCUT2D eigenvalue weighted by Gasteiger charge is 2.34. The highest BCUT2D eigenvalue weighted by atomic mass is 16.4. The molecule has 1 atom stereocenters. The molecular weight excluding hydrogens is 300 g/mol. The van der Waals surface area contributed by atoms with Gasteiger partial charge in [0.05, 0.1) is 6.42 Å². The maximum atomic E-state index is 12.4. The topological polar surface area (TPSA) is 104 Å². The first-order valence-electron chi connectivity index (χ1n) is 8.31. The summed E-state index contributed by atoms with van der Waals surface area (Å²) >= 11 is 0. The van der Waals surface area contributed by atoms with Crippen molar-refractivity contribution < 1.29 is 24.3 Å². The molecule has 2 N–H and O–H groups in total. The fraction of sp³-hybridized carbons (Fsp3) is 0.750. The van der Waals surface area contributed by atoms with Gasteiger partial charge < -0.3 is 9.90 Å². The van der Waals surface area contributed by atoms with Gasteiger partial charge in [-0.05, 0) is 25.2 Å². The van der Waals surface area contributed by atoms with E-state index in [0.717, 1.165) is 30.7 Å². The Kier molecular flexibility index (Phi) is 6.12. The Morgan fingerprint density at radius 2 is 1.83 bits per heavy atom. The molecule has 0 aromatic rings. The van der Waals surface area contributed by atoms with Gasteiger partial charge in [0, 0.05) is 12.3 Å². The molecule has 0 heterocycles. The van der Waals surface area contributed by atoms with Crippen molar-refractivity contribution in [3.05, 3.63) is 0 Å². The van der Waals surface area contributed by atoms with Crippen LogP contribution in [0.1, 0.15) is 57.8 Å². The normalized spacial score (nSPS) is 19.1. The van der Waals surface area contributed by atoms with Crippen molar-refractivity contribution in [3.63, 3.8) is 0 Å². The lowest BCUT2D eigenvalue weighted by Crippen LogP contribution is -2.53. The van der Waals surface area contributed by atoms with Crippen LogP contribution in [0.4, 0.5) is 0 Å². The van der Waals surface area contributed by atoms with E-state index in [1.165, 1.54) is 12.8 Å². The first kappa shape index (κ1) is 17.4. The van der Waals surface area contributed by atoms with Gasteiger partial charge in [0.15, 0.2) is 0 Å². The van der Waals surface area contributed by atoms with Crippen molar-refractivity contribution in [1.29, 1.82) is 0 Å². The number of rotatable bonds is 8. The van der Waals surface area contributed by atoms with Crippen LogP contribution in [0, 0.1) is 11.8 Å². The Balaban J connectivity index is 1.97. The van der Waals surface area contributed by atoms with Crippen molar-refractivity contribution in [3.8, 4) is 0 Å². The van der Waals surface area contributed by atoms with E-state index in [2.05, 4.69) is 5.43 Å². The minimum atomic E-state index is -1.18. The lowest BCUT2D eigenvalue weighted by Gasteiger charge is -2.28. The number of carboxylic acid groups (broad SMARTS) is 1. The number of nitrogens with zero attached hydrogens (tertiary/aromatic N) is 1. The van der Waals surface area contributed by atoms with Gasteiger partial charge >= 0.3 is 5.97 Å². The lowest BCUT2D eigenvalue weighted by atomic mass is 10.0. The molecule has 128 valence electrons. The molecule has 0 saturated heterocycles. The largest absolute Gasteiger partial charge is 0.481 e. The van der Waals surface area contributed by atoms with E-state index >= 15 is 0 Å². The number of nitrogens with one attached hydrogen (secondary N) is 1. The first-order chi connectivity index (χ1) is 11.0. The number of carbonyl (C=O) groups excluding carboxylic acids is 3. The third kappa shape index (κ3) is 5.33. The quantitative estimate of drug-likeness (QED) is 0.517. The van der Waals surface area contributed by atoms with Gasteiger partial charge in [-0.2, -0.15) is 0 Å². The first-order valence-corrected chi connectivity index (χ1v) is 8.31. The molecule has 7 heteroatoms. The van der Waals surface area contributed by atoms with Crippen LogP contribution in [0.25, 0.3) is 0 Å². The molecule has 7 nitrogen and oxygen atoms in total. The summed E-state index contributed by atoms with van der Waals surface area (Å²) in [6, 6.07) is -1.16. The highest BCUT2D eigenvalue weighted by molar-refractivity contribution is 5.87. The fourth-order valence-corrected chi connectivity index (χ4v) is 3.01. The van der Waals surface area contributed by atoms with E-state index < -0.39 is 18.4 Å². The van der Waals surface area contributed by atoms with Gasteiger partial charge in [-0.1, -0.05) is 25.7 Å². The molecule has 2 saturated carbocycles. The summed E-state index contributed by atoms with van der Waals surface area (Å²) in [5.74, 6) is -1.50. The van der Waals surface area contributed by atoms with Crippen molar-refractivity contribution in [2.24, 2.45) is 11.8 Å². The maximum absolute atomic E-state index is 12.4. The van der Waals surface area contributed by atoms with E-state index in [4.69, 9.17) is 5.11 Å². The summed E-state index contributed by atoms with van der Waals surface area (Å²) in [5.41, 5.74) is 2.46. The van der Waals surface area contributed by atoms with Crippen LogP contribution in [0.2, 0.25) is 0 Å². The molecule has 0 aliphatic heterocycles. The molecule has 0 bridgehead atoms. The molecule has 23 heavy (non-hydrogen) atoms. The second kappa shape index (κ2) is 8.08. The fourth-order valence-electron chi connectivity index (χ4n) is 3.01. The summed E-state index contributed by atoms with van der Waals surface area (Å²) in [6.45, 7) is 0. The molecule has 0 radical (unpaired) electrons. The molecular formula is C16H24N2O5. The minimum absolute atomic E-state index is 0.128. The summed E-state index contributed by atoms with van der Waals surface area (Å²) in [7, 11) is 0.